The summed E-state index contributed by atoms with van der Waals surface area (Å²) in [6.45, 7) is -0.169. The highest BCUT2D eigenvalue weighted by atomic mass is 19.3. The number of hydrogen-bond acceptors (Lipinski definition) is 3. The van der Waals surface area contributed by atoms with Gasteiger partial charge in [0.25, 0.3) is 5.91 Å². The summed E-state index contributed by atoms with van der Waals surface area (Å²) in [6, 6.07) is 0. The van der Waals surface area contributed by atoms with E-state index in [1.165, 1.54) is 0 Å². The van der Waals surface area contributed by atoms with Crippen molar-refractivity contribution in [3.63, 3.8) is 0 Å². The summed E-state index contributed by atoms with van der Waals surface area (Å²) in [4.78, 5) is 11.5. The summed E-state index contributed by atoms with van der Waals surface area (Å²) in [6.07, 6.45) is 3.10. The van der Waals surface area contributed by atoms with Crippen molar-refractivity contribution in [2.24, 2.45) is 0 Å². The average Bonchev–Trinajstić information content (AvgIpc) is 2.70. The van der Waals surface area contributed by atoms with Crippen LogP contribution in [-0.2, 0) is 4.79 Å². The summed E-state index contributed by atoms with van der Waals surface area (Å²) >= 11 is 0. The number of amides is 1. The molecule has 0 atom stereocenters. The molecule has 0 aromatic heterocycles. The van der Waals surface area contributed by atoms with Gasteiger partial charge in [0.2, 0.25) is 0 Å². The van der Waals surface area contributed by atoms with Crippen LogP contribution in [0.15, 0.2) is 0 Å². The fourth-order valence-electron chi connectivity index (χ4n) is 2.60. The van der Waals surface area contributed by atoms with E-state index in [9.17, 15) is 23.8 Å². The van der Waals surface area contributed by atoms with Crippen molar-refractivity contribution in [2.75, 3.05) is 6.54 Å². The van der Waals surface area contributed by atoms with Crippen LogP contribution in [0.4, 0.5) is 8.78 Å². The zero-order chi connectivity index (χ0) is 13.4. The normalized spacial score (nSPS) is 25.6. The summed E-state index contributed by atoms with van der Waals surface area (Å²) in [5, 5.41) is 21.6. The molecule has 2 aliphatic rings. The van der Waals surface area contributed by atoms with Crippen LogP contribution < -0.4 is 5.32 Å². The Balaban J connectivity index is 1.91. The molecule has 2 saturated carbocycles. The topological polar surface area (TPSA) is 69.6 Å². The second-order valence-electron chi connectivity index (χ2n) is 5.57. The standard InChI is InChI=1S/C12H19F2NO3/c13-12(14,11(18)6-3-7-11)9(16)15-8-10(17)4-1-2-5-10/h17-18H,1-8H2,(H,15,16). The highest BCUT2D eigenvalue weighted by Crippen LogP contribution is 2.44. The first kappa shape index (κ1) is 13.7. The third-order valence-corrected chi connectivity index (χ3v) is 4.16. The number of alkyl halides is 2. The molecule has 104 valence electrons. The van der Waals surface area contributed by atoms with E-state index in [4.69, 9.17) is 0 Å². The molecule has 0 spiro atoms. The third-order valence-electron chi connectivity index (χ3n) is 4.16. The van der Waals surface area contributed by atoms with Crippen molar-refractivity contribution in [3.8, 4) is 0 Å². The lowest BCUT2D eigenvalue weighted by molar-refractivity contribution is -0.216. The Morgan fingerprint density at radius 1 is 1.11 bits per heavy atom. The number of carbonyl (C=O) groups is 1. The molecule has 18 heavy (non-hydrogen) atoms. The molecule has 6 heteroatoms. The molecule has 2 aliphatic carbocycles. The molecule has 0 aromatic carbocycles. The number of halogens is 2. The maximum atomic E-state index is 13.7. The van der Waals surface area contributed by atoms with Gasteiger partial charge in [-0.2, -0.15) is 8.78 Å². The van der Waals surface area contributed by atoms with Gasteiger partial charge in [0, 0.05) is 6.54 Å². The van der Waals surface area contributed by atoms with Gasteiger partial charge in [0.15, 0.2) is 0 Å². The van der Waals surface area contributed by atoms with Crippen molar-refractivity contribution in [3.05, 3.63) is 0 Å². The van der Waals surface area contributed by atoms with Crippen molar-refractivity contribution in [1.29, 1.82) is 0 Å². The summed E-state index contributed by atoms with van der Waals surface area (Å²) in [5.41, 5.74) is -3.26. The Morgan fingerprint density at radius 3 is 2.11 bits per heavy atom. The lowest BCUT2D eigenvalue weighted by Crippen LogP contribution is -2.61. The second kappa shape index (κ2) is 4.42. The largest absolute Gasteiger partial charge is 0.388 e. The van der Waals surface area contributed by atoms with Crippen LogP contribution in [0.3, 0.4) is 0 Å². The minimum Gasteiger partial charge on any atom is -0.388 e. The zero-order valence-corrected chi connectivity index (χ0v) is 10.2. The van der Waals surface area contributed by atoms with Gasteiger partial charge in [-0.25, -0.2) is 0 Å². The number of hydrogen-bond donors (Lipinski definition) is 3. The van der Waals surface area contributed by atoms with Gasteiger partial charge < -0.3 is 15.5 Å². The quantitative estimate of drug-likeness (QED) is 0.707. The SMILES string of the molecule is O=C(NCC1(O)CCCC1)C(F)(F)C1(O)CCC1. The highest BCUT2D eigenvalue weighted by molar-refractivity contribution is 5.85. The van der Waals surface area contributed by atoms with Gasteiger partial charge in [0.1, 0.15) is 5.60 Å². The maximum absolute atomic E-state index is 13.7. The van der Waals surface area contributed by atoms with Gasteiger partial charge in [-0.15, -0.1) is 0 Å². The highest BCUT2D eigenvalue weighted by Gasteiger charge is 2.61. The maximum Gasteiger partial charge on any atom is 0.352 e. The fourth-order valence-corrected chi connectivity index (χ4v) is 2.60. The molecule has 0 radical (unpaired) electrons. The monoisotopic (exact) mass is 263 g/mol. The van der Waals surface area contributed by atoms with Gasteiger partial charge >= 0.3 is 5.92 Å². The minimum atomic E-state index is -3.78. The number of nitrogens with one attached hydrogen (secondary N) is 1. The Morgan fingerprint density at radius 2 is 1.67 bits per heavy atom. The number of aliphatic hydroxyl groups is 2. The van der Waals surface area contributed by atoms with E-state index in [0.29, 0.717) is 19.3 Å². The van der Waals surface area contributed by atoms with Crippen molar-refractivity contribution < 1.29 is 23.8 Å². The summed E-state index contributed by atoms with van der Waals surface area (Å²) in [7, 11) is 0. The van der Waals surface area contributed by atoms with E-state index in [0.717, 1.165) is 12.8 Å². The molecule has 0 aliphatic heterocycles. The van der Waals surface area contributed by atoms with Crippen LogP contribution >= 0.6 is 0 Å². The van der Waals surface area contributed by atoms with Crippen LogP contribution in [-0.4, -0.2) is 39.8 Å². The Hall–Kier alpha value is -0.750. The van der Waals surface area contributed by atoms with Crippen LogP contribution in [0.5, 0.6) is 0 Å². The molecule has 0 unspecified atom stereocenters. The molecule has 2 rings (SSSR count). The molecule has 4 nitrogen and oxygen atoms in total. The lowest BCUT2D eigenvalue weighted by atomic mass is 9.75. The summed E-state index contributed by atoms with van der Waals surface area (Å²) < 4.78 is 27.4. The van der Waals surface area contributed by atoms with Crippen LogP contribution in [0.25, 0.3) is 0 Å². The van der Waals surface area contributed by atoms with Gasteiger partial charge in [-0.1, -0.05) is 12.8 Å². The first-order chi connectivity index (χ1) is 8.29. The van der Waals surface area contributed by atoms with Gasteiger partial charge in [0.05, 0.1) is 5.60 Å². The van der Waals surface area contributed by atoms with E-state index >= 15 is 0 Å². The number of rotatable bonds is 4. The van der Waals surface area contributed by atoms with Crippen molar-refractivity contribution >= 4 is 5.91 Å². The Labute approximate surface area is 104 Å². The molecule has 1 amide bonds. The van der Waals surface area contributed by atoms with E-state index in [-0.39, 0.29) is 19.4 Å². The molecule has 0 saturated heterocycles. The van der Waals surface area contributed by atoms with Crippen LogP contribution in [0.1, 0.15) is 44.9 Å². The van der Waals surface area contributed by atoms with Crippen molar-refractivity contribution in [1.82, 2.24) is 5.32 Å². The van der Waals surface area contributed by atoms with Crippen molar-refractivity contribution in [2.45, 2.75) is 62.1 Å². The minimum absolute atomic E-state index is 0.0578. The molecule has 2 fully saturated rings. The van der Waals surface area contributed by atoms with E-state index in [1.54, 1.807) is 0 Å². The first-order valence-corrected chi connectivity index (χ1v) is 6.40. The predicted octanol–water partition coefficient (Wildman–Crippen LogP) is 0.958. The smallest absolute Gasteiger partial charge is 0.352 e. The van der Waals surface area contributed by atoms with Gasteiger partial charge in [-0.3, -0.25) is 4.79 Å². The molecule has 0 bridgehead atoms. The van der Waals surface area contributed by atoms with Gasteiger partial charge in [-0.05, 0) is 32.1 Å². The Kier molecular flexibility index (Phi) is 3.36. The molecular weight excluding hydrogens is 244 g/mol. The molecule has 3 N–H and O–H groups in total. The van der Waals surface area contributed by atoms with Crippen LogP contribution in [0.2, 0.25) is 0 Å². The predicted molar refractivity (Wildman–Crippen MR) is 60.2 cm³/mol. The third kappa shape index (κ3) is 2.23. The molecule has 0 aromatic rings. The molecule has 0 heterocycles. The van der Waals surface area contributed by atoms with E-state index < -0.39 is 23.0 Å². The average molecular weight is 263 g/mol. The van der Waals surface area contributed by atoms with Crippen LogP contribution in [0, 0.1) is 0 Å². The summed E-state index contributed by atoms with van der Waals surface area (Å²) in [5.74, 6) is -5.26. The molecular formula is C12H19F2NO3. The number of carbonyl (C=O) groups excluding carboxylic acids is 1. The fraction of sp³-hybridized carbons (Fsp3) is 0.917. The zero-order valence-electron chi connectivity index (χ0n) is 10.2. The lowest BCUT2D eigenvalue weighted by Gasteiger charge is -2.41. The van der Waals surface area contributed by atoms with E-state index in [1.807, 2.05) is 0 Å². The second-order valence-corrected chi connectivity index (χ2v) is 5.57. The van der Waals surface area contributed by atoms with E-state index in [2.05, 4.69) is 5.32 Å². The first-order valence-electron chi connectivity index (χ1n) is 6.40. The Bertz CT molecular complexity index is 336.